The summed E-state index contributed by atoms with van der Waals surface area (Å²) in [6.45, 7) is 7.52. The minimum absolute atomic E-state index is 0.175. The van der Waals surface area contributed by atoms with E-state index in [1.807, 2.05) is 23.1 Å². The normalized spacial score (nSPS) is 11.8. The number of hydrogen-bond acceptors (Lipinski definition) is 3. The smallest absolute Gasteiger partial charge is 0.0210 e. The van der Waals surface area contributed by atoms with Gasteiger partial charge in [0, 0.05) is 27.6 Å². The second kappa shape index (κ2) is 7.30. The molecule has 1 heterocycles. The summed E-state index contributed by atoms with van der Waals surface area (Å²) < 4.78 is 0. The van der Waals surface area contributed by atoms with E-state index in [-0.39, 0.29) is 5.54 Å². The molecule has 1 aromatic heterocycles. The highest BCUT2D eigenvalue weighted by atomic mass is 32.2. The number of nitrogens with one attached hydrogen (secondary N) is 1. The van der Waals surface area contributed by atoms with E-state index in [1.54, 1.807) is 0 Å². The third-order valence-electron chi connectivity index (χ3n) is 2.94. The molecule has 20 heavy (non-hydrogen) atoms. The minimum Gasteiger partial charge on any atom is -0.308 e. The maximum absolute atomic E-state index is 3.51. The van der Waals surface area contributed by atoms with E-state index >= 15 is 0 Å². The predicted molar refractivity (Wildman–Crippen MR) is 91.8 cm³/mol. The minimum atomic E-state index is 0.175. The van der Waals surface area contributed by atoms with Gasteiger partial charge in [-0.3, -0.25) is 0 Å². The lowest BCUT2D eigenvalue weighted by Crippen LogP contribution is -2.35. The Kier molecular flexibility index (Phi) is 5.70. The molecule has 0 atom stereocenters. The highest BCUT2D eigenvalue weighted by molar-refractivity contribution is 7.99. The SMILES string of the molecule is CC(C)(C)NCc1ccc(SCCc2cccs2)cc1. The monoisotopic (exact) mass is 305 g/mol. The van der Waals surface area contributed by atoms with E-state index in [4.69, 9.17) is 0 Å². The van der Waals surface area contributed by atoms with Gasteiger partial charge in [0.2, 0.25) is 0 Å². The summed E-state index contributed by atoms with van der Waals surface area (Å²) >= 11 is 3.79. The molecule has 1 aromatic carbocycles. The van der Waals surface area contributed by atoms with Gasteiger partial charge >= 0.3 is 0 Å². The summed E-state index contributed by atoms with van der Waals surface area (Å²) in [5.41, 5.74) is 1.52. The van der Waals surface area contributed by atoms with Crippen molar-refractivity contribution in [1.29, 1.82) is 0 Å². The van der Waals surface area contributed by atoms with Crippen molar-refractivity contribution in [2.45, 2.75) is 44.2 Å². The standard InChI is InChI=1S/C17H23NS2/c1-17(2,3)18-13-14-6-8-16(9-7-14)20-12-10-15-5-4-11-19-15/h4-9,11,18H,10,12-13H2,1-3H3. The molecule has 2 rings (SSSR count). The van der Waals surface area contributed by atoms with Crippen LogP contribution in [0.5, 0.6) is 0 Å². The Balaban J connectivity index is 1.76. The van der Waals surface area contributed by atoms with E-state index in [9.17, 15) is 0 Å². The fraction of sp³-hybridized carbons (Fsp3) is 0.412. The molecule has 1 nitrogen and oxygen atoms in total. The van der Waals surface area contributed by atoms with Crippen molar-refractivity contribution in [2.75, 3.05) is 5.75 Å². The maximum atomic E-state index is 3.51. The first-order valence-corrected chi connectivity index (χ1v) is 8.89. The summed E-state index contributed by atoms with van der Waals surface area (Å²) in [7, 11) is 0. The number of benzene rings is 1. The quantitative estimate of drug-likeness (QED) is 0.756. The summed E-state index contributed by atoms with van der Waals surface area (Å²) in [6.07, 6.45) is 1.16. The highest BCUT2D eigenvalue weighted by Gasteiger charge is 2.08. The molecule has 108 valence electrons. The lowest BCUT2D eigenvalue weighted by atomic mass is 10.1. The Morgan fingerprint density at radius 1 is 1.10 bits per heavy atom. The first-order chi connectivity index (χ1) is 9.53. The second-order valence-electron chi connectivity index (χ2n) is 5.93. The first kappa shape index (κ1) is 15.6. The molecule has 1 N–H and O–H groups in total. The summed E-state index contributed by atoms with van der Waals surface area (Å²) in [6, 6.07) is 13.3. The van der Waals surface area contributed by atoms with Crippen LogP contribution in [0.4, 0.5) is 0 Å². The van der Waals surface area contributed by atoms with Crippen LogP contribution in [-0.4, -0.2) is 11.3 Å². The van der Waals surface area contributed by atoms with Crippen LogP contribution < -0.4 is 5.32 Å². The van der Waals surface area contributed by atoms with Crippen LogP contribution >= 0.6 is 23.1 Å². The van der Waals surface area contributed by atoms with Crippen LogP contribution in [0.25, 0.3) is 0 Å². The van der Waals surface area contributed by atoms with Gasteiger partial charge in [-0.15, -0.1) is 23.1 Å². The van der Waals surface area contributed by atoms with Gasteiger partial charge in [0.05, 0.1) is 0 Å². The molecule has 0 amide bonds. The number of aryl methyl sites for hydroxylation is 1. The zero-order chi connectivity index (χ0) is 14.4. The zero-order valence-electron chi connectivity index (χ0n) is 12.5. The summed E-state index contributed by atoms with van der Waals surface area (Å²) in [4.78, 5) is 2.84. The average Bonchev–Trinajstić information content (AvgIpc) is 2.90. The molecule has 0 radical (unpaired) electrons. The fourth-order valence-electron chi connectivity index (χ4n) is 1.80. The third-order valence-corrected chi connectivity index (χ3v) is 4.89. The number of thioether (sulfide) groups is 1. The van der Waals surface area contributed by atoms with Gasteiger partial charge in [0.25, 0.3) is 0 Å². The molecule has 0 saturated carbocycles. The lowest BCUT2D eigenvalue weighted by molar-refractivity contribution is 0.424. The molecule has 3 heteroatoms. The Morgan fingerprint density at radius 3 is 2.45 bits per heavy atom. The molecular weight excluding hydrogens is 282 g/mol. The lowest BCUT2D eigenvalue weighted by Gasteiger charge is -2.20. The van der Waals surface area contributed by atoms with Crippen LogP contribution in [0.2, 0.25) is 0 Å². The molecule has 0 aliphatic rings. The van der Waals surface area contributed by atoms with Crippen molar-refractivity contribution in [3.05, 3.63) is 52.2 Å². The Morgan fingerprint density at radius 2 is 1.85 bits per heavy atom. The van der Waals surface area contributed by atoms with E-state index in [0.717, 1.165) is 18.7 Å². The first-order valence-electron chi connectivity index (χ1n) is 7.02. The maximum Gasteiger partial charge on any atom is 0.0210 e. The van der Waals surface area contributed by atoms with Gasteiger partial charge in [0.15, 0.2) is 0 Å². The van der Waals surface area contributed by atoms with Crippen molar-refractivity contribution in [3.63, 3.8) is 0 Å². The average molecular weight is 306 g/mol. The van der Waals surface area contributed by atoms with Gasteiger partial charge < -0.3 is 5.32 Å². The van der Waals surface area contributed by atoms with Gasteiger partial charge in [-0.25, -0.2) is 0 Å². The highest BCUT2D eigenvalue weighted by Crippen LogP contribution is 2.21. The topological polar surface area (TPSA) is 12.0 Å². The Bertz CT molecular complexity index is 495. The van der Waals surface area contributed by atoms with Gasteiger partial charge in [-0.2, -0.15) is 0 Å². The summed E-state index contributed by atoms with van der Waals surface area (Å²) in [5.74, 6) is 1.15. The van der Waals surface area contributed by atoms with Gasteiger partial charge in [-0.05, 0) is 56.3 Å². The van der Waals surface area contributed by atoms with Gasteiger partial charge in [0.1, 0.15) is 0 Å². The summed E-state index contributed by atoms with van der Waals surface area (Å²) in [5, 5.41) is 5.66. The van der Waals surface area contributed by atoms with Crippen molar-refractivity contribution < 1.29 is 0 Å². The zero-order valence-corrected chi connectivity index (χ0v) is 14.1. The molecule has 2 aromatic rings. The van der Waals surface area contributed by atoms with Crippen LogP contribution in [0.15, 0.2) is 46.7 Å². The third kappa shape index (κ3) is 5.70. The van der Waals surface area contributed by atoms with Crippen molar-refractivity contribution in [2.24, 2.45) is 0 Å². The van der Waals surface area contributed by atoms with Crippen molar-refractivity contribution >= 4 is 23.1 Å². The van der Waals surface area contributed by atoms with E-state index in [0.29, 0.717) is 0 Å². The largest absolute Gasteiger partial charge is 0.308 e. The van der Waals surface area contributed by atoms with Crippen molar-refractivity contribution in [1.82, 2.24) is 5.32 Å². The van der Waals surface area contributed by atoms with Crippen LogP contribution in [0.1, 0.15) is 31.2 Å². The number of rotatable bonds is 6. The number of thiophene rings is 1. The molecule has 0 spiro atoms. The fourth-order valence-corrected chi connectivity index (χ4v) is 3.52. The Hall–Kier alpha value is -0.770. The molecule has 0 aliphatic carbocycles. The molecule has 0 bridgehead atoms. The van der Waals surface area contributed by atoms with Crippen LogP contribution in [-0.2, 0) is 13.0 Å². The van der Waals surface area contributed by atoms with Gasteiger partial charge in [-0.1, -0.05) is 18.2 Å². The molecule has 0 saturated heterocycles. The number of hydrogen-bond donors (Lipinski definition) is 1. The van der Waals surface area contributed by atoms with Crippen LogP contribution in [0.3, 0.4) is 0 Å². The van der Waals surface area contributed by atoms with E-state index < -0.39 is 0 Å². The Labute approximate surface area is 130 Å². The predicted octanol–water partition coefficient (Wildman–Crippen LogP) is 4.97. The second-order valence-corrected chi connectivity index (χ2v) is 8.13. The molecule has 0 unspecified atom stereocenters. The van der Waals surface area contributed by atoms with Crippen molar-refractivity contribution in [3.8, 4) is 0 Å². The molecular formula is C17H23NS2. The van der Waals surface area contributed by atoms with E-state index in [1.165, 1.54) is 15.3 Å². The van der Waals surface area contributed by atoms with E-state index in [2.05, 4.69) is 67.9 Å². The molecule has 0 aliphatic heterocycles. The molecule has 0 fully saturated rings. The van der Waals surface area contributed by atoms with Crippen LogP contribution in [0, 0.1) is 0 Å².